The van der Waals surface area contributed by atoms with E-state index in [1.165, 1.54) is 0 Å². The van der Waals surface area contributed by atoms with Crippen LogP contribution < -0.4 is 0 Å². The van der Waals surface area contributed by atoms with Crippen molar-refractivity contribution in [1.82, 2.24) is 0 Å². The Hall–Kier alpha value is -3.40. The van der Waals surface area contributed by atoms with E-state index in [-0.39, 0.29) is 15.9 Å². The Bertz CT molecular complexity index is 1810. The van der Waals surface area contributed by atoms with Crippen LogP contribution in [0, 0.1) is 0 Å². The molecule has 0 amide bonds. The molecule has 0 bridgehead atoms. The molecule has 6 heteroatoms. The molecule has 5 rings (SSSR count). The summed E-state index contributed by atoms with van der Waals surface area (Å²) in [5.74, 6) is -1.00. The fourth-order valence-electron chi connectivity index (χ4n) is 6.18. The van der Waals surface area contributed by atoms with Crippen molar-refractivity contribution in [2.75, 3.05) is 0 Å². The van der Waals surface area contributed by atoms with Crippen LogP contribution in [0.2, 0.25) is 36.3 Å². The smallest absolute Gasteiger partial charge is 0.192 e. The summed E-state index contributed by atoms with van der Waals surface area (Å²) in [7, 11) is -4.22. The van der Waals surface area contributed by atoms with Crippen molar-refractivity contribution in [2.24, 2.45) is 0 Å². The minimum absolute atomic E-state index is 0.0291. The van der Waals surface area contributed by atoms with Gasteiger partial charge in [0.1, 0.15) is 5.60 Å². The van der Waals surface area contributed by atoms with Crippen LogP contribution in [0.15, 0.2) is 109 Å². The molecule has 2 atom stereocenters. The highest BCUT2D eigenvalue weighted by atomic mass is 28.4. The number of allylic oxidation sites excluding steroid dienone is 1. The van der Waals surface area contributed by atoms with E-state index in [9.17, 15) is 5.11 Å². The van der Waals surface area contributed by atoms with E-state index in [0.717, 1.165) is 27.8 Å². The van der Waals surface area contributed by atoms with Gasteiger partial charge in [-0.25, -0.2) is 0 Å². The van der Waals surface area contributed by atoms with Gasteiger partial charge < -0.3 is 14.0 Å². The van der Waals surface area contributed by atoms with E-state index in [0.29, 0.717) is 29.9 Å². The number of benzene rings is 4. The monoisotopic (exact) mass is 690 g/mol. The second-order valence-electron chi connectivity index (χ2n) is 16.5. The van der Waals surface area contributed by atoms with Crippen LogP contribution >= 0.6 is 0 Å². The number of rotatable bonds is 10. The molecule has 0 fully saturated rings. The molecule has 0 spiro atoms. The third-order valence-corrected chi connectivity index (χ3v) is 20.2. The highest BCUT2D eigenvalue weighted by Gasteiger charge is 2.56. The quantitative estimate of drug-likeness (QED) is 0.168. The predicted molar refractivity (Wildman–Crippen MR) is 208 cm³/mol. The zero-order valence-corrected chi connectivity index (χ0v) is 33.1. The van der Waals surface area contributed by atoms with Crippen LogP contribution in [-0.2, 0) is 32.5 Å². The first kappa shape index (κ1) is 36.9. The van der Waals surface area contributed by atoms with Gasteiger partial charge in [0.2, 0.25) is 0 Å². The third-order valence-electron chi connectivity index (χ3n) is 11.3. The molecule has 2 unspecified atom stereocenters. The first-order valence-corrected chi connectivity index (χ1v) is 23.3. The Labute approximate surface area is 296 Å². The van der Waals surface area contributed by atoms with Crippen molar-refractivity contribution in [3.8, 4) is 0 Å². The summed E-state index contributed by atoms with van der Waals surface area (Å²) < 4.78 is 13.5. The van der Waals surface area contributed by atoms with E-state index in [1.807, 2.05) is 103 Å². The number of hydrogen-bond donors (Lipinski definition) is 1. The average Bonchev–Trinajstić information content (AvgIpc) is 3.29. The molecule has 0 radical (unpaired) electrons. The Balaban J connectivity index is 1.75. The van der Waals surface area contributed by atoms with Crippen molar-refractivity contribution in [1.29, 1.82) is 0 Å². The second-order valence-corrected chi connectivity index (χ2v) is 26.1. The molecule has 0 aliphatic heterocycles. The van der Waals surface area contributed by atoms with E-state index < -0.39 is 28.2 Å². The van der Waals surface area contributed by atoms with E-state index in [1.54, 1.807) is 0 Å². The summed E-state index contributed by atoms with van der Waals surface area (Å²) >= 11 is 0. The third kappa shape index (κ3) is 7.12. The summed E-state index contributed by atoms with van der Waals surface area (Å²) in [5, 5.41) is 13.6. The second kappa shape index (κ2) is 13.7. The van der Waals surface area contributed by atoms with Gasteiger partial charge in [-0.05, 0) is 69.6 Å². The SMILES string of the molecule is CC(C)(C)[Si](C)(C)OCc1ccccc1C1=C(c2ccccc2)C(O)(c2ccccc2)C(c2ccccc2CO[Si](C)(C)C(C)(C)C)C1=O. The molecule has 49 heavy (non-hydrogen) atoms. The summed E-state index contributed by atoms with van der Waals surface area (Å²) in [6.45, 7) is 23.1. The van der Waals surface area contributed by atoms with Crippen molar-refractivity contribution in [2.45, 2.75) is 103 Å². The average molecular weight is 691 g/mol. The van der Waals surface area contributed by atoms with Gasteiger partial charge >= 0.3 is 0 Å². The zero-order valence-electron chi connectivity index (χ0n) is 31.1. The van der Waals surface area contributed by atoms with Gasteiger partial charge in [-0.2, -0.15) is 0 Å². The highest BCUT2D eigenvalue weighted by Crippen LogP contribution is 2.58. The lowest BCUT2D eigenvalue weighted by Crippen LogP contribution is -2.40. The molecular weight excluding hydrogens is 637 g/mol. The number of carbonyl (C=O) groups is 1. The zero-order chi connectivity index (χ0) is 35.8. The van der Waals surface area contributed by atoms with Crippen molar-refractivity contribution < 1.29 is 18.8 Å². The van der Waals surface area contributed by atoms with Crippen LogP contribution in [0.5, 0.6) is 0 Å². The maximum atomic E-state index is 15.4. The minimum Gasteiger partial charge on any atom is -0.413 e. The van der Waals surface area contributed by atoms with Gasteiger partial charge in [-0.15, -0.1) is 0 Å². The summed E-state index contributed by atoms with van der Waals surface area (Å²) in [6.07, 6.45) is 0. The molecular formula is C43H54O4Si2. The lowest BCUT2D eigenvalue weighted by atomic mass is 9.73. The molecule has 0 saturated heterocycles. The van der Waals surface area contributed by atoms with Crippen LogP contribution in [0.25, 0.3) is 11.1 Å². The molecule has 4 aromatic rings. The van der Waals surface area contributed by atoms with Crippen molar-refractivity contribution >= 4 is 33.6 Å². The summed E-state index contributed by atoms with van der Waals surface area (Å²) in [4.78, 5) is 15.4. The largest absolute Gasteiger partial charge is 0.413 e. The summed E-state index contributed by atoms with van der Waals surface area (Å²) in [6, 6.07) is 35.6. The van der Waals surface area contributed by atoms with Crippen LogP contribution in [0.1, 0.15) is 80.8 Å². The lowest BCUT2D eigenvalue weighted by molar-refractivity contribution is -0.118. The molecule has 1 N–H and O–H groups in total. The number of Topliss-reactive ketones (excluding diaryl/α,β-unsaturated/α-hetero) is 1. The van der Waals surface area contributed by atoms with E-state index in [4.69, 9.17) is 8.85 Å². The first-order chi connectivity index (χ1) is 22.9. The maximum absolute atomic E-state index is 15.4. The fraction of sp³-hybridized carbons (Fsp3) is 0.372. The van der Waals surface area contributed by atoms with Gasteiger partial charge in [0, 0.05) is 11.1 Å². The topological polar surface area (TPSA) is 55.8 Å². The number of ketones is 1. The summed E-state index contributed by atoms with van der Waals surface area (Å²) in [5.41, 5.74) is 4.44. The standard InChI is InChI=1S/C43H54O4Si2/c1-41(2,3)48(7,8)46-29-32-23-17-19-27-35(32)37-38(31-21-13-11-14-22-31)43(45,34-25-15-12-16-26-34)39(40(37)44)36-28-20-18-24-33(36)30-47-49(9,10)42(4,5)6/h11-28,39,45H,29-30H2,1-10H3. The maximum Gasteiger partial charge on any atom is 0.192 e. The minimum atomic E-state index is -2.11. The Morgan fingerprint density at radius 3 is 1.63 bits per heavy atom. The van der Waals surface area contributed by atoms with Gasteiger partial charge in [0.15, 0.2) is 22.4 Å². The molecule has 0 heterocycles. The van der Waals surface area contributed by atoms with Crippen LogP contribution in [-0.4, -0.2) is 27.5 Å². The Kier molecular flexibility index (Phi) is 10.3. The van der Waals surface area contributed by atoms with Crippen molar-refractivity contribution in [3.63, 3.8) is 0 Å². The number of carbonyl (C=O) groups excluding carboxylic acids is 1. The van der Waals surface area contributed by atoms with Crippen molar-refractivity contribution in [3.05, 3.63) is 143 Å². The molecule has 0 saturated carbocycles. The molecule has 258 valence electrons. The highest BCUT2D eigenvalue weighted by molar-refractivity contribution is 6.74. The van der Waals surface area contributed by atoms with Gasteiger partial charge in [0.25, 0.3) is 0 Å². The van der Waals surface area contributed by atoms with Crippen LogP contribution in [0.4, 0.5) is 0 Å². The molecule has 0 aromatic heterocycles. The van der Waals surface area contributed by atoms with E-state index >= 15 is 4.79 Å². The molecule has 1 aliphatic rings. The molecule has 4 nitrogen and oxygen atoms in total. The number of aliphatic hydroxyl groups is 1. The molecule has 4 aromatic carbocycles. The fourth-order valence-corrected chi connectivity index (χ4v) is 8.08. The first-order valence-electron chi connectivity index (χ1n) is 17.5. The van der Waals surface area contributed by atoms with Gasteiger partial charge in [-0.1, -0.05) is 151 Å². The Morgan fingerprint density at radius 2 is 1.08 bits per heavy atom. The van der Waals surface area contributed by atoms with Gasteiger partial charge in [0.05, 0.1) is 19.1 Å². The lowest BCUT2D eigenvalue weighted by Gasteiger charge is -2.37. The normalized spacial score (nSPS) is 19.1. The van der Waals surface area contributed by atoms with E-state index in [2.05, 4.69) is 73.8 Å². The van der Waals surface area contributed by atoms with Gasteiger partial charge in [-0.3, -0.25) is 4.79 Å². The van der Waals surface area contributed by atoms with Crippen LogP contribution in [0.3, 0.4) is 0 Å². The molecule has 1 aliphatic carbocycles. The number of hydrogen-bond acceptors (Lipinski definition) is 4. The predicted octanol–water partition coefficient (Wildman–Crippen LogP) is 10.9. The Morgan fingerprint density at radius 1 is 0.633 bits per heavy atom.